The molecule has 0 saturated carbocycles. The molecule has 7 aromatic carbocycles. The number of thiophene rings is 1. The fraction of sp³-hybridized carbons (Fsp3) is 0. The van der Waals surface area contributed by atoms with Crippen LogP contribution >= 0.6 is 11.3 Å². The molecule has 4 heterocycles. The molecule has 0 unspecified atom stereocenters. The molecule has 9 aromatic rings. The number of fused-ring (bicyclic) bond motifs is 12. The van der Waals surface area contributed by atoms with Crippen molar-refractivity contribution in [2.45, 2.75) is 0 Å². The second-order valence-corrected chi connectivity index (χ2v) is 13.0. The van der Waals surface area contributed by atoms with Gasteiger partial charge in [-0.05, 0) is 79.8 Å². The van der Waals surface area contributed by atoms with Gasteiger partial charge in [-0.15, -0.1) is 11.3 Å². The molecule has 2 aliphatic rings. The Bertz CT molecular complexity index is 2700. The van der Waals surface area contributed by atoms with Crippen LogP contribution in [0.5, 0.6) is 0 Å². The number of aromatic nitrogens is 1. The molecule has 2 nitrogen and oxygen atoms in total. The Morgan fingerprint density at radius 3 is 2.23 bits per heavy atom. The number of hydrogen-bond acceptors (Lipinski definition) is 2. The fourth-order valence-corrected chi connectivity index (χ4v) is 9.11. The molecule has 0 N–H and O–H groups in total. The molecule has 0 atom stereocenters. The van der Waals surface area contributed by atoms with Crippen molar-refractivity contribution >= 4 is 99.6 Å². The van der Waals surface area contributed by atoms with Crippen molar-refractivity contribution < 1.29 is 0 Å². The summed E-state index contributed by atoms with van der Waals surface area (Å²) in [5, 5.41) is 11.4. The van der Waals surface area contributed by atoms with Crippen molar-refractivity contribution in [3.8, 4) is 11.1 Å². The van der Waals surface area contributed by atoms with E-state index in [1.54, 1.807) is 0 Å². The van der Waals surface area contributed by atoms with E-state index >= 15 is 0 Å². The van der Waals surface area contributed by atoms with E-state index in [0.29, 0.717) is 0 Å². The maximum absolute atomic E-state index is 2.66. The van der Waals surface area contributed by atoms with Crippen LogP contribution in [-0.4, -0.2) is 11.3 Å². The first-order valence-corrected chi connectivity index (χ1v) is 16.1. The van der Waals surface area contributed by atoms with Crippen molar-refractivity contribution in [3.05, 3.63) is 139 Å². The van der Waals surface area contributed by atoms with Crippen molar-refractivity contribution in [2.24, 2.45) is 0 Å². The molecule has 44 heavy (non-hydrogen) atoms. The molecule has 0 fully saturated rings. The molecule has 0 amide bonds. The summed E-state index contributed by atoms with van der Waals surface area (Å²) in [6.45, 7) is 0.0411. The first-order valence-electron chi connectivity index (χ1n) is 15.2. The summed E-state index contributed by atoms with van der Waals surface area (Å²) in [5.74, 6) is 0. The standard InChI is InChI=1S/C40H23BN2S/c1-2-10-26-22-27(18-16-24(26)8-1)42-34-19-17-25-9-3-4-11-28(25)38(34)41-39-35(42)23-36-31(20-21-44-36)37(39)32-14-7-13-30-29-12-5-6-15-33(29)43(41)40(30)32/h1-23H. The summed E-state index contributed by atoms with van der Waals surface area (Å²) in [6.07, 6.45) is 0. The lowest BCUT2D eigenvalue weighted by Crippen LogP contribution is -2.57. The normalized spacial score (nSPS) is 13.4. The quantitative estimate of drug-likeness (QED) is 0.177. The zero-order valence-electron chi connectivity index (χ0n) is 23.7. The van der Waals surface area contributed by atoms with Gasteiger partial charge in [-0.1, -0.05) is 97.1 Å². The predicted molar refractivity (Wildman–Crippen MR) is 190 cm³/mol. The first kappa shape index (κ1) is 23.2. The van der Waals surface area contributed by atoms with Crippen LogP contribution in [0.1, 0.15) is 0 Å². The van der Waals surface area contributed by atoms with E-state index in [1.807, 2.05) is 11.3 Å². The highest BCUT2D eigenvalue weighted by Crippen LogP contribution is 2.49. The highest BCUT2D eigenvalue weighted by atomic mass is 32.1. The van der Waals surface area contributed by atoms with Gasteiger partial charge in [-0.25, -0.2) is 0 Å². The summed E-state index contributed by atoms with van der Waals surface area (Å²) in [6, 6.07) is 49.9. The van der Waals surface area contributed by atoms with Crippen LogP contribution in [-0.2, 0) is 0 Å². The molecule has 2 aromatic heterocycles. The molecule has 0 saturated heterocycles. The van der Waals surface area contributed by atoms with E-state index in [1.165, 1.54) is 92.6 Å². The van der Waals surface area contributed by atoms with Gasteiger partial charge in [-0.2, -0.15) is 0 Å². The third-order valence-electron chi connectivity index (χ3n) is 10.0. The third-order valence-corrected chi connectivity index (χ3v) is 10.9. The third kappa shape index (κ3) is 2.78. The van der Waals surface area contributed by atoms with Gasteiger partial charge in [0.05, 0.1) is 0 Å². The minimum absolute atomic E-state index is 0.0411. The van der Waals surface area contributed by atoms with Gasteiger partial charge < -0.3 is 9.38 Å². The number of hydrogen-bond donors (Lipinski definition) is 0. The number of para-hydroxylation sites is 2. The largest absolute Gasteiger partial charge is 0.375 e. The summed E-state index contributed by atoms with van der Waals surface area (Å²) in [7, 11) is 0. The Kier molecular flexibility index (Phi) is 4.32. The summed E-state index contributed by atoms with van der Waals surface area (Å²) in [5.41, 5.74) is 11.8. The minimum Gasteiger partial charge on any atom is -0.375 e. The Morgan fingerprint density at radius 2 is 1.30 bits per heavy atom. The highest BCUT2D eigenvalue weighted by Gasteiger charge is 2.44. The number of benzene rings is 7. The molecular weight excluding hydrogens is 551 g/mol. The second-order valence-electron chi connectivity index (χ2n) is 12.1. The molecule has 4 heteroatoms. The monoisotopic (exact) mass is 574 g/mol. The lowest BCUT2D eigenvalue weighted by molar-refractivity contribution is 1.27. The van der Waals surface area contributed by atoms with Crippen LogP contribution in [0.3, 0.4) is 0 Å². The molecular formula is C40H23BN2S. The molecule has 11 rings (SSSR count). The summed E-state index contributed by atoms with van der Waals surface area (Å²) >= 11 is 1.84. The molecule has 2 aliphatic heterocycles. The van der Waals surface area contributed by atoms with Crippen LogP contribution in [0.15, 0.2) is 139 Å². The van der Waals surface area contributed by atoms with Crippen molar-refractivity contribution in [3.63, 3.8) is 0 Å². The van der Waals surface area contributed by atoms with Crippen LogP contribution in [0, 0.1) is 0 Å². The molecule has 202 valence electrons. The highest BCUT2D eigenvalue weighted by molar-refractivity contribution is 7.17. The van der Waals surface area contributed by atoms with Crippen LogP contribution in [0.25, 0.3) is 64.6 Å². The topological polar surface area (TPSA) is 8.17 Å². The molecule has 0 spiro atoms. The van der Waals surface area contributed by atoms with Crippen molar-refractivity contribution in [1.82, 2.24) is 4.48 Å². The van der Waals surface area contributed by atoms with E-state index in [2.05, 4.69) is 148 Å². The van der Waals surface area contributed by atoms with Gasteiger partial charge in [0.1, 0.15) is 0 Å². The minimum atomic E-state index is 0.0411. The Balaban J connectivity index is 1.38. The van der Waals surface area contributed by atoms with E-state index in [4.69, 9.17) is 0 Å². The first-order chi connectivity index (χ1) is 21.8. The molecule has 0 radical (unpaired) electrons. The van der Waals surface area contributed by atoms with Gasteiger partial charge in [0.2, 0.25) is 0 Å². The Labute approximate surface area is 258 Å². The van der Waals surface area contributed by atoms with E-state index < -0.39 is 0 Å². The van der Waals surface area contributed by atoms with Crippen molar-refractivity contribution in [1.29, 1.82) is 0 Å². The van der Waals surface area contributed by atoms with E-state index in [-0.39, 0.29) is 6.85 Å². The summed E-state index contributed by atoms with van der Waals surface area (Å²) in [4.78, 5) is 2.54. The lowest BCUT2D eigenvalue weighted by atomic mass is 9.44. The smallest absolute Gasteiger partial charge is 0.333 e. The van der Waals surface area contributed by atoms with E-state index in [9.17, 15) is 0 Å². The maximum Gasteiger partial charge on any atom is 0.333 e. The predicted octanol–water partition coefficient (Wildman–Crippen LogP) is 9.73. The van der Waals surface area contributed by atoms with Gasteiger partial charge in [0.15, 0.2) is 0 Å². The van der Waals surface area contributed by atoms with Crippen LogP contribution in [0.2, 0.25) is 0 Å². The second kappa shape index (κ2) is 8.19. The van der Waals surface area contributed by atoms with Gasteiger partial charge in [0, 0.05) is 54.5 Å². The summed E-state index contributed by atoms with van der Waals surface area (Å²) < 4.78 is 3.99. The van der Waals surface area contributed by atoms with Crippen LogP contribution < -0.4 is 15.8 Å². The lowest BCUT2D eigenvalue weighted by Gasteiger charge is -2.41. The number of nitrogens with zero attached hydrogens (tertiary/aromatic N) is 2. The van der Waals surface area contributed by atoms with Crippen molar-refractivity contribution in [2.75, 3.05) is 4.90 Å². The van der Waals surface area contributed by atoms with Gasteiger partial charge >= 0.3 is 6.85 Å². The average molecular weight is 575 g/mol. The number of rotatable bonds is 1. The molecule has 0 aliphatic carbocycles. The Morgan fingerprint density at radius 1 is 0.523 bits per heavy atom. The van der Waals surface area contributed by atoms with Gasteiger partial charge in [0.25, 0.3) is 0 Å². The maximum atomic E-state index is 2.66. The number of anilines is 3. The van der Waals surface area contributed by atoms with E-state index in [0.717, 1.165) is 0 Å². The average Bonchev–Trinajstić information content (AvgIpc) is 3.69. The Hall–Kier alpha value is -5.32. The van der Waals surface area contributed by atoms with Gasteiger partial charge in [-0.3, -0.25) is 0 Å². The SMILES string of the molecule is c1ccc2cc(N3c4cc5sccc5c5c4B(c4c3ccc3ccccc43)n3c4ccccc4c4cccc-5c43)ccc2c1. The fourth-order valence-electron chi connectivity index (χ4n) is 8.28. The zero-order chi connectivity index (χ0) is 28.5. The van der Waals surface area contributed by atoms with Crippen LogP contribution in [0.4, 0.5) is 17.1 Å². The zero-order valence-corrected chi connectivity index (χ0v) is 24.5. The molecule has 0 bridgehead atoms.